The van der Waals surface area contributed by atoms with Gasteiger partial charge in [-0.2, -0.15) is 0 Å². The van der Waals surface area contributed by atoms with Gasteiger partial charge < -0.3 is 5.11 Å². The van der Waals surface area contributed by atoms with Gasteiger partial charge in [-0.25, -0.2) is 13.2 Å². The molecule has 0 fully saturated rings. The highest BCUT2D eigenvalue weighted by molar-refractivity contribution is 6.30. The average Bonchev–Trinajstić information content (AvgIpc) is 2.33. The van der Waals surface area contributed by atoms with E-state index < -0.39 is 29.1 Å². The maximum Gasteiger partial charge on any atom is 0.131 e. The van der Waals surface area contributed by atoms with E-state index in [2.05, 4.69) is 0 Å². The van der Waals surface area contributed by atoms with Gasteiger partial charge in [-0.3, -0.25) is 0 Å². The molecule has 1 nitrogen and oxygen atoms in total. The molecule has 5 heteroatoms. The molecular formula is C14H10ClF3O. The quantitative estimate of drug-likeness (QED) is 0.903. The van der Waals surface area contributed by atoms with E-state index in [-0.39, 0.29) is 17.0 Å². The highest BCUT2D eigenvalue weighted by atomic mass is 35.5. The van der Waals surface area contributed by atoms with Crippen LogP contribution in [0.15, 0.2) is 36.4 Å². The fourth-order valence-electron chi connectivity index (χ4n) is 1.84. The third-order valence-corrected chi connectivity index (χ3v) is 2.99. The minimum Gasteiger partial charge on any atom is -0.388 e. The van der Waals surface area contributed by atoms with Crippen LogP contribution >= 0.6 is 11.6 Å². The third-order valence-electron chi connectivity index (χ3n) is 2.75. The lowest BCUT2D eigenvalue weighted by molar-refractivity contribution is 0.167. The first-order valence-electron chi connectivity index (χ1n) is 5.55. The largest absolute Gasteiger partial charge is 0.388 e. The fourth-order valence-corrected chi connectivity index (χ4v) is 2.03. The van der Waals surface area contributed by atoms with Crippen molar-refractivity contribution < 1.29 is 18.3 Å². The molecule has 0 aromatic heterocycles. The number of aliphatic hydroxyl groups excluding tert-OH is 1. The van der Waals surface area contributed by atoms with Gasteiger partial charge in [0.05, 0.1) is 11.7 Å². The summed E-state index contributed by atoms with van der Waals surface area (Å²) in [5.74, 6) is -2.31. The van der Waals surface area contributed by atoms with Gasteiger partial charge in [0.15, 0.2) is 0 Å². The summed E-state index contributed by atoms with van der Waals surface area (Å²) in [6, 6.07) is 7.09. The van der Waals surface area contributed by atoms with E-state index in [1.165, 1.54) is 18.2 Å². The van der Waals surface area contributed by atoms with Crippen molar-refractivity contribution in [2.24, 2.45) is 0 Å². The molecule has 19 heavy (non-hydrogen) atoms. The average molecular weight is 287 g/mol. The minimum absolute atomic E-state index is 0.0997. The van der Waals surface area contributed by atoms with Crippen LogP contribution in [0.5, 0.6) is 0 Å². The van der Waals surface area contributed by atoms with Gasteiger partial charge in [0.25, 0.3) is 0 Å². The SMILES string of the molecule is OC(Cc1cc(Cl)ccc1F)c1c(F)cccc1F. The molecular weight excluding hydrogens is 277 g/mol. The van der Waals surface area contributed by atoms with Crippen molar-refractivity contribution in [3.63, 3.8) is 0 Å². The van der Waals surface area contributed by atoms with Crippen LogP contribution in [-0.2, 0) is 6.42 Å². The zero-order valence-corrected chi connectivity index (χ0v) is 10.5. The van der Waals surface area contributed by atoms with Gasteiger partial charge in [-0.05, 0) is 35.9 Å². The van der Waals surface area contributed by atoms with Crippen molar-refractivity contribution in [2.75, 3.05) is 0 Å². The molecule has 0 radical (unpaired) electrons. The predicted octanol–water partition coefficient (Wildman–Crippen LogP) is 4.03. The summed E-state index contributed by atoms with van der Waals surface area (Å²) in [7, 11) is 0. The summed E-state index contributed by atoms with van der Waals surface area (Å²) < 4.78 is 40.4. The second-order valence-corrected chi connectivity index (χ2v) is 4.53. The molecule has 2 rings (SSSR count). The van der Waals surface area contributed by atoms with Crippen LogP contribution in [0.1, 0.15) is 17.2 Å². The number of rotatable bonds is 3. The number of aliphatic hydroxyl groups is 1. The topological polar surface area (TPSA) is 20.2 Å². The zero-order valence-electron chi connectivity index (χ0n) is 9.71. The number of hydrogen-bond acceptors (Lipinski definition) is 1. The van der Waals surface area contributed by atoms with E-state index >= 15 is 0 Å². The molecule has 100 valence electrons. The second kappa shape index (κ2) is 5.63. The molecule has 2 aromatic rings. The van der Waals surface area contributed by atoms with Gasteiger partial charge in [-0.15, -0.1) is 0 Å². The van der Waals surface area contributed by atoms with Crippen LogP contribution < -0.4 is 0 Å². The van der Waals surface area contributed by atoms with E-state index in [0.717, 1.165) is 18.2 Å². The monoisotopic (exact) mass is 286 g/mol. The van der Waals surface area contributed by atoms with Crippen molar-refractivity contribution in [2.45, 2.75) is 12.5 Å². The van der Waals surface area contributed by atoms with Gasteiger partial charge in [0.2, 0.25) is 0 Å². The molecule has 0 heterocycles. The predicted molar refractivity (Wildman–Crippen MR) is 66.4 cm³/mol. The zero-order chi connectivity index (χ0) is 14.0. The highest BCUT2D eigenvalue weighted by Crippen LogP contribution is 2.26. The van der Waals surface area contributed by atoms with Crippen molar-refractivity contribution >= 4 is 11.6 Å². The third kappa shape index (κ3) is 3.08. The molecule has 0 aliphatic heterocycles. The first kappa shape index (κ1) is 13.9. The number of benzene rings is 2. The fraction of sp³-hybridized carbons (Fsp3) is 0.143. The normalized spacial score (nSPS) is 12.5. The molecule has 1 unspecified atom stereocenters. The maximum atomic E-state index is 13.5. The van der Waals surface area contributed by atoms with Gasteiger partial charge in [0, 0.05) is 11.4 Å². The Balaban J connectivity index is 2.31. The Morgan fingerprint density at radius 2 is 1.63 bits per heavy atom. The summed E-state index contributed by atoms with van der Waals surface area (Å²) in [5.41, 5.74) is -0.371. The molecule has 0 aliphatic rings. The number of halogens is 4. The van der Waals surface area contributed by atoms with E-state index in [4.69, 9.17) is 11.6 Å². The molecule has 0 saturated carbocycles. The lowest BCUT2D eigenvalue weighted by atomic mass is 10.00. The van der Waals surface area contributed by atoms with Gasteiger partial charge >= 0.3 is 0 Å². The van der Waals surface area contributed by atoms with Crippen LogP contribution in [-0.4, -0.2) is 5.11 Å². The standard InChI is InChI=1S/C14H10ClF3O/c15-9-4-5-10(16)8(6-9)7-13(19)14-11(17)2-1-3-12(14)18/h1-6,13,19H,7H2. The molecule has 2 aromatic carbocycles. The molecule has 0 bridgehead atoms. The van der Waals surface area contributed by atoms with Crippen LogP contribution in [0.3, 0.4) is 0 Å². The van der Waals surface area contributed by atoms with E-state index in [9.17, 15) is 18.3 Å². The van der Waals surface area contributed by atoms with E-state index in [1.54, 1.807) is 0 Å². The summed E-state index contributed by atoms with van der Waals surface area (Å²) >= 11 is 5.71. The van der Waals surface area contributed by atoms with Crippen LogP contribution in [0, 0.1) is 17.5 Å². The molecule has 0 spiro atoms. The van der Waals surface area contributed by atoms with Crippen molar-refractivity contribution in [3.05, 3.63) is 70.0 Å². The Kier molecular flexibility index (Phi) is 4.12. The molecule has 0 aliphatic carbocycles. The van der Waals surface area contributed by atoms with Crippen LogP contribution in [0.25, 0.3) is 0 Å². The van der Waals surface area contributed by atoms with Crippen LogP contribution in [0.2, 0.25) is 5.02 Å². The summed E-state index contributed by atoms with van der Waals surface area (Å²) in [4.78, 5) is 0. The van der Waals surface area contributed by atoms with Gasteiger partial charge in [-0.1, -0.05) is 17.7 Å². The molecule has 0 amide bonds. The Bertz CT molecular complexity index is 581. The van der Waals surface area contributed by atoms with Gasteiger partial charge in [0.1, 0.15) is 17.5 Å². The molecule has 1 atom stereocenters. The maximum absolute atomic E-state index is 13.5. The van der Waals surface area contributed by atoms with E-state index in [0.29, 0.717) is 0 Å². The summed E-state index contributed by atoms with van der Waals surface area (Å²) in [6.07, 6.45) is -1.74. The smallest absolute Gasteiger partial charge is 0.131 e. The molecule has 1 N–H and O–H groups in total. The Morgan fingerprint density at radius 3 is 2.26 bits per heavy atom. The Hall–Kier alpha value is -1.52. The minimum atomic E-state index is -1.48. The summed E-state index contributed by atoms with van der Waals surface area (Å²) in [5, 5.41) is 10.2. The lowest BCUT2D eigenvalue weighted by Crippen LogP contribution is -2.08. The molecule has 0 saturated heterocycles. The first-order chi connectivity index (χ1) is 8.99. The summed E-state index contributed by atoms with van der Waals surface area (Å²) in [6.45, 7) is 0. The van der Waals surface area contributed by atoms with Crippen molar-refractivity contribution in [1.29, 1.82) is 0 Å². The van der Waals surface area contributed by atoms with Crippen LogP contribution in [0.4, 0.5) is 13.2 Å². The van der Waals surface area contributed by atoms with E-state index in [1.807, 2.05) is 0 Å². The number of hydrogen-bond donors (Lipinski definition) is 1. The Labute approximate surface area is 113 Å². The van der Waals surface area contributed by atoms with Crippen molar-refractivity contribution in [3.8, 4) is 0 Å². The van der Waals surface area contributed by atoms with Crippen molar-refractivity contribution in [1.82, 2.24) is 0 Å². The Morgan fingerprint density at radius 1 is 1.00 bits per heavy atom. The lowest BCUT2D eigenvalue weighted by Gasteiger charge is -2.13. The second-order valence-electron chi connectivity index (χ2n) is 4.09. The highest BCUT2D eigenvalue weighted by Gasteiger charge is 2.19. The first-order valence-corrected chi connectivity index (χ1v) is 5.92.